The Hall–Kier alpha value is -0.120. The van der Waals surface area contributed by atoms with Crippen molar-refractivity contribution < 1.29 is 5.11 Å². The van der Waals surface area contributed by atoms with Gasteiger partial charge >= 0.3 is 0 Å². The molecule has 0 amide bonds. The second-order valence-corrected chi connectivity index (χ2v) is 3.56. The van der Waals surface area contributed by atoms with Gasteiger partial charge < -0.3 is 15.7 Å². The number of hydrogen-bond acceptors (Lipinski definition) is 3. The van der Waals surface area contributed by atoms with Crippen molar-refractivity contribution in [1.82, 2.24) is 4.90 Å². The summed E-state index contributed by atoms with van der Waals surface area (Å²) in [6, 6.07) is 0.606. The summed E-state index contributed by atoms with van der Waals surface area (Å²) in [5.74, 6) is 0. The topological polar surface area (TPSA) is 49.5 Å². The number of hydrogen-bond donors (Lipinski definition) is 2. The van der Waals surface area contributed by atoms with Crippen LogP contribution in [0.1, 0.15) is 33.6 Å². The number of nitrogens with two attached hydrogens (primary N) is 1. The van der Waals surface area contributed by atoms with E-state index >= 15 is 0 Å². The molecule has 0 aliphatic carbocycles. The molecule has 0 spiro atoms. The normalized spacial score (nSPS) is 16.2. The monoisotopic (exact) mass is 188 g/mol. The van der Waals surface area contributed by atoms with Crippen molar-refractivity contribution in [2.24, 2.45) is 5.73 Å². The fourth-order valence-corrected chi connectivity index (χ4v) is 1.38. The Morgan fingerprint density at radius 1 is 1.38 bits per heavy atom. The van der Waals surface area contributed by atoms with Gasteiger partial charge in [-0.2, -0.15) is 0 Å². The average molecular weight is 188 g/mol. The van der Waals surface area contributed by atoms with E-state index in [0.29, 0.717) is 12.6 Å². The van der Waals surface area contributed by atoms with Crippen molar-refractivity contribution in [2.75, 3.05) is 19.6 Å². The Labute approximate surface area is 81.9 Å². The first kappa shape index (κ1) is 12.9. The summed E-state index contributed by atoms with van der Waals surface area (Å²) in [6.45, 7) is 8.93. The molecule has 0 aromatic carbocycles. The van der Waals surface area contributed by atoms with Crippen LogP contribution in [0.15, 0.2) is 0 Å². The summed E-state index contributed by atoms with van der Waals surface area (Å²) in [4.78, 5) is 2.37. The maximum absolute atomic E-state index is 9.31. The highest BCUT2D eigenvalue weighted by atomic mass is 16.3. The number of aliphatic hydroxyl groups is 1. The molecule has 0 bridgehead atoms. The van der Waals surface area contributed by atoms with E-state index in [1.54, 1.807) is 0 Å². The van der Waals surface area contributed by atoms with Gasteiger partial charge in [-0.3, -0.25) is 0 Å². The third-order valence-electron chi connectivity index (χ3n) is 2.64. The Kier molecular flexibility index (Phi) is 7.23. The van der Waals surface area contributed by atoms with E-state index in [0.717, 1.165) is 25.9 Å². The molecule has 0 aliphatic heterocycles. The van der Waals surface area contributed by atoms with Gasteiger partial charge in [0.25, 0.3) is 0 Å². The molecule has 0 radical (unpaired) electrons. The van der Waals surface area contributed by atoms with Gasteiger partial charge in [0.05, 0.1) is 6.10 Å². The lowest BCUT2D eigenvalue weighted by molar-refractivity contribution is 0.133. The van der Waals surface area contributed by atoms with Crippen LogP contribution in [-0.4, -0.2) is 41.8 Å². The molecule has 3 heteroatoms. The van der Waals surface area contributed by atoms with Gasteiger partial charge in [0.2, 0.25) is 0 Å². The maximum atomic E-state index is 9.31. The van der Waals surface area contributed by atoms with Gasteiger partial charge in [0, 0.05) is 19.1 Å². The van der Waals surface area contributed by atoms with Crippen LogP contribution < -0.4 is 5.73 Å². The molecule has 0 aromatic rings. The Morgan fingerprint density at radius 3 is 2.38 bits per heavy atom. The zero-order valence-electron chi connectivity index (χ0n) is 9.16. The molecule has 0 fully saturated rings. The van der Waals surface area contributed by atoms with Crippen LogP contribution in [-0.2, 0) is 0 Å². The van der Waals surface area contributed by atoms with Crippen molar-refractivity contribution in [3.8, 4) is 0 Å². The van der Waals surface area contributed by atoms with Gasteiger partial charge in [-0.15, -0.1) is 0 Å². The summed E-state index contributed by atoms with van der Waals surface area (Å²) in [5.41, 5.74) is 5.34. The minimum Gasteiger partial charge on any atom is -0.392 e. The van der Waals surface area contributed by atoms with E-state index < -0.39 is 0 Å². The van der Waals surface area contributed by atoms with E-state index in [1.807, 2.05) is 0 Å². The van der Waals surface area contributed by atoms with E-state index in [9.17, 15) is 5.11 Å². The molecule has 0 saturated heterocycles. The van der Waals surface area contributed by atoms with Gasteiger partial charge in [-0.25, -0.2) is 0 Å². The zero-order valence-corrected chi connectivity index (χ0v) is 9.16. The Balaban J connectivity index is 3.71. The molecule has 2 unspecified atom stereocenters. The second-order valence-electron chi connectivity index (χ2n) is 3.56. The van der Waals surface area contributed by atoms with E-state index in [1.165, 1.54) is 0 Å². The summed E-state index contributed by atoms with van der Waals surface area (Å²) < 4.78 is 0. The minimum absolute atomic E-state index is 0.335. The van der Waals surface area contributed by atoms with Gasteiger partial charge in [0.1, 0.15) is 0 Å². The van der Waals surface area contributed by atoms with Crippen LogP contribution >= 0.6 is 0 Å². The van der Waals surface area contributed by atoms with E-state index in [-0.39, 0.29) is 6.10 Å². The average Bonchev–Trinajstić information content (AvgIpc) is 2.17. The highest BCUT2D eigenvalue weighted by Gasteiger charge is 2.11. The van der Waals surface area contributed by atoms with Crippen molar-refractivity contribution in [1.29, 1.82) is 0 Å². The van der Waals surface area contributed by atoms with Crippen LogP contribution in [0.5, 0.6) is 0 Å². The first-order chi connectivity index (χ1) is 6.15. The zero-order chi connectivity index (χ0) is 10.3. The van der Waals surface area contributed by atoms with Crippen LogP contribution in [0.4, 0.5) is 0 Å². The van der Waals surface area contributed by atoms with Gasteiger partial charge in [-0.05, 0) is 26.3 Å². The van der Waals surface area contributed by atoms with Crippen LogP contribution in [0, 0.1) is 0 Å². The molecule has 0 aromatic heterocycles. The summed E-state index contributed by atoms with van der Waals surface area (Å²) in [7, 11) is 0. The quantitative estimate of drug-likeness (QED) is 0.622. The molecule has 0 saturated carbocycles. The molecule has 3 N–H and O–H groups in total. The molecule has 0 rings (SSSR count). The van der Waals surface area contributed by atoms with Crippen molar-refractivity contribution in [2.45, 2.75) is 45.8 Å². The van der Waals surface area contributed by atoms with Crippen molar-refractivity contribution >= 4 is 0 Å². The minimum atomic E-state index is -0.335. The molecule has 13 heavy (non-hydrogen) atoms. The number of aliphatic hydroxyl groups excluding tert-OH is 1. The predicted molar refractivity (Wildman–Crippen MR) is 56.7 cm³/mol. The smallest absolute Gasteiger partial charge is 0.0674 e. The van der Waals surface area contributed by atoms with Gasteiger partial charge in [-0.1, -0.05) is 13.8 Å². The fraction of sp³-hybridized carbons (Fsp3) is 1.00. The fourth-order valence-electron chi connectivity index (χ4n) is 1.38. The molecule has 2 atom stereocenters. The second kappa shape index (κ2) is 7.30. The van der Waals surface area contributed by atoms with Crippen molar-refractivity contribution in [3.63, 3.8) is 0 Å². The maximum Gasteiger partial charge on any atom is 0.0674 e. The third-order valence-corrected chi connectivity index (χ3v) is 2.64. The van der Waals surface area contributed by atoms with Crippen molar-refractivity contribution in [3.05, 3.63) is 0 Å². The summed E-state index contributed by atoms with van der Waals surface area (Å²) in [6.07, 6.45) is 1.61. The van der Waals surface area contributed by atoms with Crippen LogP contribution in [0.3, 0.4) is 0 Å². The lowest BCUT2D eigenvalue weighted by atomic mass is 10.2. The summed E-state index contributed by atoms with van der Waals surface area (Å²) >= 11 is 0. The van der Waals surface area contributed by atoms with Crippen LogP contribution in [0.2, 0.25) is 0 Å². The largest absolute Gasteiger partial charge is 0.392 e. The Morgan fingerprint density at radius 2 is 2.00 bits per heavy atom. The van der Waals surface area contributed by atoms with E-state index in [2.05, 4.69) is 25.7 Å². The van der Waals surface area contributed by atoms with Gasteiger partial charge in [0.15, 0.2) is 0 Å². The first-order valence-electron chi connectivity index (χ1n) is 5.27. The van der Waals surface area contributed by atoms with Crippen LogP contribution in [0.25, 0.3) is 0 Å². The molecule has 0 aliphatic rings. The molecule has 80 valence electrons. The highest BCUT2D eigenvalue weighted by Crippen LogP contribution is 2.04. The highest BCUT2D eigenvalue weighted by molar-refractivity contribution is 4.66. The Bertz CT molecular complexity index is 119. The SMILES string of the molecule is CCC(C)N(CC)CCC(O)CN. The molecular weight excluding hydrogens is 164 g/mol. The molecule has 3 nitrogen and oxygen atoms in total. The standard InChI is InChI=1S/C10H24N2O/c1-4-9(3)12(5-2)7-6-10(13)8-11/h9-10,13H,4-8,11H2,1-3H3. The number of nitrogens with zero attached hydrogens (tertiary/aromatic N) is 1. The third kappa shape index (κ3) is 5.24. The number of rotatable bonds is 7. The first-order valence-corrected chi connectivity index (χ1v) is 5.27. The lowest BCUT2D eigenvalue weighted by Crippen LogP contribution is -2.36. The molecular formula is C10H24N2O. The molecule has 0 heterocycles. The predicted octanol–water partition coefficient (Wildman–Crippen LogP) is 0.817. The van der Waals surface area contributed by atoms with E-state index in [4.69, 9.17) is 5.73 Å². The summed E-state index contributed by atoms with van der Waals surface area (Å²) in [5, 5.41) is 9.31. The lowest BCUT2D eigenvalue weighted by Gasteiger charge is -2.27.